The Morgan fingerprint density at radius 1 is 1.27 bits per heavy atom. The summed E-state index contributed by atoms with van der Waals surface area (Å²) < 4.78 is 0. The van der Waals surface area contributed by atoms with Gasteiger partial charge in [-0.2, -0.15) is 0 Å². The molecule has 1 saturated heterocycles. The Hall–Kier alpha value is -0.930. The second kappa shape index (κ2) is 5.24. The first-order valence-electron chi connectivity index (χ1n) is 5.64. The van der Waals surface area contributed by atoms with E-state index in [4.69, 9.17) is 0 Å². The van der Waals surface area contributed by atoms with Crippen LogP contribution in [0.25, 0.3) is 0 Å². The summed E-state index contributed by atoms with van der Waals surface area (Å²) in [4.78, 5) is 9.07. The van der Waals surface area contributed by atoms with Crippen LogP contribution in [0, 0.1) is 0 Å². The lowest BCUT2D eigenvalue weighted by Crippen LogP contribution is -2.28. The zero-order valence-electron chi connectivity index (χ0n) is 9.39. The fourth-order valence-corrected chi connectivity index (χ4v) is 2.01. The van der Waals surface area contributed by atoms with Crippen LogP contribution < -0.4 is 0 Å². The Kier molecular flexibility index (Phi) is 3.69. The molecule has 1 fully saturated rings. The third kappa shape index (κ3) is 3.29. The third-order valence-corrected chi connectivity index (χ3v) is 2.94. The average molecular weight is 205 g/mol. The van der Waals surface area contributed by atoms with Gasteiger partial charge in [0.1, 0.15) is 0 Å². The van der Waals surface area contributed by atoms with E-state index < -0.39 is 0 Å². The smallest absolute Gasteiger partial charge is 0.0312 e. The summed E-state index contributed by atoms with van der Waals surface area (Å²) in [6, 6.07) is 4.17. The van der Waals surface area contributed by atoms with Crippen LogP contribution in [0.2, 0.25) is 0 Å². The summed E-state index contributed by atoms with van der Waals surface area (Å²) in [5, 5.41) is 0. The van der Waals surface area contributed by atoms with Gasteiger partial charge in [0.05, 0.1) is 0 Å². The summed E-state index contributed by atoms with van der Waals surface area (Å²) in [5.41, 5.74) is 1.32. The van der Waals surface area contributed by atoms with E-state index in [-0.39, 0.29) is 0 Å². The van der Waals surface area contributed by atoms with Crippen LogP contribution >= 0.6 is 0 Å². The van der Waals surface area contributed by atoms with Crippen molar-refractivity contribution in [2.75, 3.05) is 33.2 Å². The minimum absolute atomic E-state index is 1.04. The number of likely N-dealkylation sites (N-methyl/N-ethyl adjacent to an activating group) is 1. The van der Waals surface area contributed by atoms with Gasteiger partial charge in [-0.15, -0.1) is 0 Å². The molecule has 0 spiro atoms. The number of hydrogen-bond acceptors (Lipinski definition) is 3. The molecule has 0 radical (unpaired) electrons. The zero-order chi connectivity index (χ0) is 10.5. The van der Waals surface area contributed by atoms with Gasteiger partial charge >= 0.3 is 0 Å². The van der Waals surface area contributed by atoms with Crippen molar-refractivity contribution in [3.63, 3.8) is 0 Å². The summed E-state index contributed by atoms with van der Waals surface area (Å²) in [6.07, 6.45) is 5.07. The van der Waals surface area contributed by atoms with Crippen molar-refractivity contribution in [1.82, 2.24) is 14.8 Å². The van der Waals surface area contributed by atoms with Gasteiger partial charge in [0.2, 0.25) is 0 Å². The fraction of sp³-hybridized carbons (Fsp3) is 0.583. The van der Waals surface area contributed by atoms with Gasteiger partial charge < -0.3 is 4.90 Å². The predicted molar refractivity (Wildman–Crippen MR) is 61.6 cm³/mol. The van der Waals surface area contributed by atoms with E-state index in [1.165, 1.54) is 38.2 Å². The van der Waals surface area contributed by atoms with E-state index in [1.807, 2.05) is 18.5 Å². The maximum absolute atomic E-state index is 4.15. The fourth-order valence-electron chi connectivity index (χ4n) is 2.01. The van der Waals surface area contributed by atoms with Crippen LogP contribution in [0.5, 0.6) is 0 Å². The molecule has 2 rings (SSSR count). The van der Waals surface area contributed by atoms with Crippen molar-refractivity contribution < 1.29 is 0 Å². The minimum Gasteiger partial charge on any atom is -0.305 e. The first kappa shape index (κ1) is 10.6. The largest absolute Gasteiger partial charge is 0.305 e. The topological polar surface area (TPSA) is 19.4 Å². The maximum atomic E-state index is 4.15. The van der Waals surface area contributed by atoms with Gasteiger partial charge in [-0.05, 0) is 38.2 Å². The summed E-state index contributed by atoms with van der Waals surface area (Å²) in [6.45, 7) is 5.83. The maximum Gasteiger partial charge on any atom is 0.0312 e. The highest BCUT2D eigenvalue weighted by atomic mass is 15.2. The normalized spacial score (nSPS) is 20.1. The molecule has 1 aromatic heterocycles. The molecule has 2 heterocycles. The SMILES string of the molecule is CN1CCCN(Cc2cccnc2)CC1. The molecular weight excluding hydrogens is 186 g/mol. The average Bonchev–Trinajstić information content (AvgIpc) is 2.46. The molecule has 0 aliphatic carbocycles. The molecule has 0 aromatic carbocycles. The third-order valence-electron chi connectivity index (χ3n) is 2.94. The van der Waals surface area contributed by atoms with Crippen LogP contribution in [0.4, 0.5) is 0 Å². The molecule has 15 heavy (non-hydrogen) atoms. The van der Waals surface area contributed by atoms with Crippen LogP contribution in [-0.4, -0.2) is 48.0 Å². The Morgan fingerprint density at radius 3 is 3.00 bits per heavy atom. The molecular formula is C12H19N3. The van der Waals surface area contributed by atoms with Gasteiger partial charge in [-0.3, -0.25) is 9.88 Å². The Bertz CT molecular complexity index is 286. The van der Waals surface area contributed by atoms with E-state index in [9.17, 15) is 0 Å². The Morgan fingerprint density at radius 2 is 2.20 bits per heavy atom. The molecule has 1 aromatic rings. The number of hydrogen-bond donors (Lipinski definition) is 0. The van der Waals surface area contributed by atoms with E-state index in [1.54, 1.807) is 0 Å². The van der Waals surface area contributed by atoms with Crippen LogP contribution in [0.3, 0.4) is 0 Å². The Balaban J connectivity index is 1.89. The highest BCUT2D eigenvalue weighted by Gasteiger charge is 2.11. The summed E-state index contributed by atoms with van der Waals surface area (Å²) >= 11 is 0. The number of aromatic nitrogens is 1. The van der Waals surface area contributed by atoms with Crippen molar-refractivity contribution in [2.24, 2.45) is 0 Å². The second-order valence-electron chi connectivity index (χ2n) is 4.29. The van der Waals surface area contributed by atoms with Crippen LogP contribution in [0.15, 0.2) is 24.5 Å². The van der Waals surface area contributed by atoms with Crippen LogP contribution in [-0.2, 0) is 6.54 Å². The van der Waals surface area contributed by atoms with Crippen molar-refractivity contribution in [3.8, 4) is 0 Å². The monoisotopic (exact) mass is 205 g/mol. The standard InChI is InChI=1S/C12H19N3/c1-14-6-3-7-15(9-8-14)11-12-4-2-5-13-10-12/h2,4-5,10H,3,6-9,11H2,1H3. The van der Waals surface area contributed by atoms with E-state index in [2.05, 4.69) is 27.9 Å². The lowest BCUT2D eigenvalue weighted by atomic mass is 10.2. The number of rotatable bonds is 2. The number of nitrogens with zero attached hydrogens (tertiary/aromatic N) is 3. The van der Waals surface area contributed by atoms with Crippen molar-refractivity contribution in [3.05, 3.63) is 30.1 Å². The van der Waals surface area contributed by atoms with E-state index >= 15 is 0 Å². The molecule has 3 nitrogen and oxygen atoms in total. The molecule has 3 heteroatoms. The molecule has 0 saturated carbocycles. The first-order chi connectivity index (χ1) is 7.34. The van der Waals surface area contributed by atoms with E-state index in [0.29, 0.717) is 0 Å². The second-order valence-corrected chi connectivity index (χ2v) is 4.29. The lowest BCUT2D eigenvalue weighted by Gasteiger charge is -2.19. The van der Waals surface area contributed by atoms with Gasteiger partial charge in [0, 0.05) is 32.0 Å². The van der Waals surface area contributed by atoms with Gasteiger partial charge in [-0.25, -0.2) is 0 Å². The molecule has 0 atom stereocenters. The van der Waals surface area contributed by atoms with Crippen molar-refractivity contribution in [2.45, 2.75) is 13.0 Å². The first-order valence-corrected chi connectivity index (χ1v) is 5.64. The van der Waals surface area contributed by atoms with Crippen molar-refractivity contribution >= 4 is 0 Å². The minimum atomic E-state index is 1.04. The zero-order valence-corrected chi connectivity index (χ0v) is 9.39. The molecule has 0 bridgehead atoms. The molecule has 0 amide bonds. The highest BCUT2D eigenvalue weighted by Crippen LogP contribution is 2.06. The predicted octanol–water partition coefficient (Wildman–Crippen LogP) is 1.22. The van der Waals surface area contributed by atoms with Crippen LogP contribution in [0.1, 0.15) is 12.0 Å². The summed E-state index contributed by atoms with van der Waals surface area (Å²) in [7, 11) is 2.20. The summed E-state index contributed by atoms with van der Waals surface area (Å²) in [5.74, 6) is 0. The van der Waals surface area contributed by atoms with E-state index in [0.717, 1.165) is 6.54 Å². The van der Waals surface area contributed by atoms with Crippen molar-refractivity contribution in [1.29, 1.82) is 0 Å². The lowest BCUT2D eigenvalue weighted by molar-refractivity contribution is 0.269. The van der Waals surface area contributed by atoms with Gasteiger partial charge in [0.15, 0.2) is 0 Å². The number of pyridine rings is 1. The molecule has 0 unspecified atom stereocenters. The van der Waals surface area contributed by atoms with Gasteiger partial charge in [-0.1, -0.05) is 6.07 Å². The molecule has 1 aliphatic rings. The molecule has 1 aliphatic heterocycles. The highest BCUT2D eigenvalue weighted by molar-refractivity contribution is 5.08. The molecule has 0 N–H and O–H groups in total. The molecule has 82 valence electrons. The Labute approximate surface area is 91.7 Å². The quantitative estimate of drug-likeness (QED) is 0.723. The van der Waals surface area contributed by atoms with Gasteiger partial charge in [0.25, 0.3) is 0 Å².